The van der Waals surface area contributed by atoms with Gasteiger partial charge in [0.25, 0.3) is 11.5 Å². The van der Waals surface area contributed by atoms with Gasteiger partial charge in [-0.2, -0.15) is 0 Å². The quantitative estimate of drug-likeness (QED) is 0.323. The lowest BCUT2D eigenvalue weighted by Crippen LogP contribution is -2.36. The van der Waals surface area contributed by atoms with Crippen LogP contribution in [0.1, 0.15) is 10.4 Å². The van der Waals surface area contributed by atoms with Crippen molar-refractivity contribution in [3.05, 3.63) is 52.8 Å². The number of aromatic nitrogens is 1. The summed E-state index contributed by atoms with van der Waals surface area (Å²) in [7, 11) is 0. The molecule has 0 spiro atoms. The molecule has 6 nitrogen and oxygen atoms in total. The Morgan fingerprint density at radius 2 is 2.16 bits per heavy atom. The van der Waals surface area contributed by atoms with Gasteiger partial charge < -0.3 is 9.67 Å². The minimum Gasteiger partial charge on any atom is -0.506 e. The Morgan fingerprint density at radius 1 is 1.47 bits per heavy atom. The minimum absolute atomic E-state index is 0.227. The second-order valence-corrected chi connectivity index (χ2v) is 3.92. The van der Waals surface area contributed by atoms with Gasteiger partial charge in [0.2, 0.25) is 0 Å². The van der Waals surface area contributed by atoms with E-state index in [1.807, 2.05) is 5.43 Å². The Balaban J connectivity index is 2.95. The third-order valence-electron chi connectivity index (χ3n) is 2.82. The van der Waals surface area contributed by atoms with Gasteiger partial charge in [0.1, 0.15) is 11.3 Å². The number of para-hydroxylation sites is 1. The predicted octanol–water partition coefficient (Wildman–Crippen LogP) is 0.497. The molecule has 0 atom stereocenters. The molecule has 4 N–H and O–H groups in total. The lowest BCUT2D eigenvalue weighted by molar-refractivity contribution is 0.0949. The molecule has 0 bridgehead atoms. The lowest BCUT2D eigenvalue weighted by atomic mass is 10.1. The average molecular weight is 259 g/mol. The van der Waals surface area contributed by atoms with Crippen LogP contribution in [-0.4, -0.2) is 15.6 Å². The molecule has 6 heteroatoms. The number of amides is 1. The third kappa shape index (κ3) is 1.98. The van der Waals surface area contributed by atoms with E-state index in [2.05, 4.69) is 6.58 Å². The van der Waals surface area contributed by atoms with E-state index < -0.39 is 11.5 Å². The minimum atomic E-state index is -0.828. The van der Waals surface area contributed by atoms with Gasteiger partial charge in [0.15, 0.2) is 0 Å². The van der Waals surface area contributed by atoms with Gasteiger partial charge in [-0.25, -0.2) is 5.84 Å². The van der Waals surface area contributed by atoms with Crippen LogP contribution >= 0.6 is 0 Å². The summed E-state index contributed by atoms with van der Waals surface area (Å²) in [5, 5.41) is 10.5. The van der Waals surface area contributed by atoms with Crippen LogP contribution in [0.25, 0.3) is 10.9 Å². The molecular weight excluding hydrogens is 246 g/mol. The van der Waals surface area contributed by atoms with Crippen LogP contribution in [-0.2, 0) is 6.54 Å². The summed E-state index contributed by atoms with van der Waals surface area (Å²) in [4.78, 5) is 23.9. The van der Waals surface area contributed by atoms with Crippen molar-refractivity contribution >= 4 is 16.8 Å². The molecule has 0 aliphatic carbocycles. The zero-order chi connectivity index (χ0) is 14.0. The highest BCUT2D eigenvalue weighted by molar-refractivity contribution is 6.02. The first-order chi connectivity index (χ1) is 9.11. The van der Waals surface area contributed by atoms with Crippen LogP contribution in [0.5, 0.6) is 5.75 Å². The van der Waals surface area contributed by atoms with Crippen LogP contribution in [0, 0.1) is 0 Å². The number of carbonyl (C=O) groups is 1. The number of fused-ring (bicyclic) bond motifs is 1. The average Bonchev–Trinajstić information content (AvgIpc) is 2.43. The molecule has 2 rings (SSSR count). The van der Waals surface area contributed by atoms with Crippen LogP contribution in [0.2, 0.25) is 0 Å². The summed E-state index contributed by atoms with van der Waals surface area (Å²) in [5.74, 6) is 3.83. The highest BCUT2D eigenvalue weighted by Gasteiger charge is 2.20. The summed E-state index contributed by atoms with van der Waals surface area (Å²) < 4.78 is 1.35. The Labute approximate surface area is 108 Å². The highest BCUT2D eigenvalue weighted by Crippen LogP contribution is 2.25. The fraction of sp³-hybridized carbons (Fsp3) is 0.0769. The molecule has 1 heterocycles. The van der Waals surface area contributed by atoms with E-state index in [0.717, 1.165) is 0 Å². The van der Waals surface area contributed by atoms with Crippen molar-refractivity contribution < 1.29 is 9.90 Å². The second kappa shape index (κ2) is 4.95. The Hall–Kier alpha value is -2.60. The number of allylic oxidation sites excluding steroid dienone is 1. The monoisotopic (exact) mass is 259 g/mol. The molecule has 1 aromatic carbocycles. The van der Waals surface area contributed by atoms with Gasteiger partial charge in [0.05, 0.1) is 5.52 Å². The lowest BCUT2D eigenvalue weighted by Gasteiger charge is -2.12. The predicted molar refractivity (Wildman–Crippen MR) is 71.7 cm³/mol. The number of nitrogens with two attached hydrogens (primary N) is 1. The first kappa shape index (κ1) is 12.8. The van der Waals surface area contributed by atoms with E-state index in [4.69, 9.17) is 5.84 Å². The molecule has 0 radical (unpaired) electrons. The SMILES string of the molecule is C=CCn1c(=O)c(C(=O)NN)c(O)c2ccccc21. The zero-order valence-electron chi connectivity index (χ0n) is 10.1. The van der Waals surface area contributed by atoms with Crippen LogP contribution < -0.4 is 16.8 Å². The topological polar surface area (TPSA) is 97.4 Å². The number of aromatic hydroxyl groups is 1. The van der Waals surface area contributed by atoms with Crippen molar-refractivity contribution in [1.82, 2.24) is 9.99 Å². The molecule has 19 heavy (non-hydrogen) atoms. The van der Waals surface area contributed by atoms with E-state index in [1.165, 1.54) is 10.6 Å². The van der Waals surface area contributed by atoms with Crippen molar-refractivity contribution in [3.8, 4) is 5.75 Å². The fourth-order valence-electron chi connectivity index (χ4n) is 1.98. The summed E-state index contributed by atoms with van der Waals surface area (Å²) in [6.07, 6.45) is 1.54. The van der Waals surface area contributed by atoms with E-state index in [1.54, 1.807) is 24.3 Å². The maximum atomic E-state index is 12.2. The van der Waals surface area contributed by atoms with Crippen molar-refractivity contribution in [2.24, 2.45) is 5.84 Å². The van der Waals surface area contributed by atoms with Gasteiger partial charge in [-0.1, -0.05) is 18.2 Å². The Morgan fingerprint density at radius 3 is 2.79 bits per heavy atom. The number of rotatable bonds is 3. The van der Waals surface area contributed by atoms with Crippen LogP contribution in [0.3, 0.4) is 0 Å². The number of benzene rings is 1. The fourth-order valence-corrected chi connectivity index (χ4v) is 1.98. The van der Waals surface area contributed by atoms with E-state index in [0.29, 0.717) is 10.9 Å². The summed E-state index contributed by atoms with van der Waals surface area (Å²) in [5.41, 5.74) is 1.40. The van der Waals surface area contributed by atoms with Crippen molar-refractivity contribution in [2.75, 3.05) is 0 Å². The molecule has 1 aromatic heterocycles. The Kier molecular flexibility index (Phi) is 3.35. The molecule has 0 unspecified atom stereocenters. The molecule has 0 fully saturated rings. The molecular formula is C13H13N3O3. The van der Waals surface area contributed by atoms with Gasteiger partial charge in [-0.3, -0.25) is 15.0 Å². The zero-order valence-corrected chi connectivity index (χ0v) is 10.1. The van der Waals surface area contributed by atoms with Crippen molar-refractivity contribution in [3.63, 3.8) is 0 Å². The largest absolute Gasteiger partial charge is 0.506 e. The smallest absolute Gasteiger partial charge is 0.274 e. The maximum absolute atomic E-state index is 12.2. The van der Waals surface area contributed by atoms with Crippen molar-refractivity contribution in [1.29, 1.82) is 0 Å². The summed E-state index contributed by atoms with van der Waals surface area (Å²) in [6, 6.07) is 6.75. The number of nitrogens with one attached hydrogen (secondary N) is 1. The van der Waals surface area contributed by atoms with Gasteiger partial charge >= 0.3 is 0 Å². The van der Waals surface area contributed by atoms with E-state index in [-0.39, 0.29) is 17.9 Å². The Bertz CT molecular complexity index is 719. The molecule has 2 aromatic rings. The second-order valence-electron chi connectivity index (χ2n) is 3.92. The molecule has 0 saturated heterocycles. The van der Waals surface area contributed by atoms with E-state index in [9.17, 15) is 14.7 Å². The van der Waals surface area contributed by atoms with Crippen LogP contribution in [0.15, 0.2) is 41.7 Å². The van der Waals surface area contributed by atoms with Crippen LogP contribution in [0.4, 0.5) is 0 Å². The van der Waals surface area contributed by atoms with Gasteiger partial charge in [-0.05, 0) is 12.1 Å². The first-order valence-corrected chi connectivity index (χ1v) is 5.58. The molecule has 0 saturated carbocycles. The normalized spacial score (nSPS) is 10.4. The van der Waals surface area contributed by atoms with Gasteiger partial charge in [0, 0.05) is 11.9 Å². The van der Waals surface area contributed by atoms with Gasteiger partial charge in [-0.15, -0.1) is 6.58 Å². The number of nitrogen functional groups attached to an aromatic ring is 1. The molecule has 0 aliphatic rings. The molecule has 1 amide bonds. The number of nitrogens with zero attached hydrogens (tertiary/aromatic N) is 1. The standard InChI is InChI=1S/C13H13N3O3/c1-2-7-16-9-6-4-3-5-8(9)11(17)10(13(16)19)12(18)15-14/h2-6,17H,1,7,14H2,(H,15,18). The molecule has 98 valence electrons. The maximum Gasteiger partial charge on any atom is 0.274 e. The molecule has 0 aliphatic heterocycles. The van der Waals surface area contributed by atoms with E-state index >= 15 is 0 Å². The summed E-state index contributed by atoms with van der Waals surface area (Å²) >= 11 is 0. The third-order valence-corrected chi connectivity index (χ3v) is 2.82. The number of hydrogen-bond acceptors (Lipinski definition) is 4. The summed E-state index contributed by atoms with van der Waals surface area (Å²) in [6.45, 7) is 3.80. The highest BCUT2D eigenvalue weighted by atomic mass is 16.3. The number of pyridine rings is 1. The van der Waals surface area contributed by atoms with Crippen molar-refractivity contribution in [2.45, 2.75) is 6.54 Å². The number of hydrazine groups is 1. The first-order valence-electron chi connectivity index (χ1n) is 5.58. The number of hydrogen-bond donors (Lipinski definition) is 3. The number of carbonyl (C=O) groups excluding carboxylic acids is 1.